The first kappa shape index (κ1) is 13.1. The third kappa shape index (κ3) is 2.27. The Kier molecular flexibility index (Phi) is 3.40. The van der Waals surface area contributed by atoms with Crippen LogP contribution in [-0.4, -0.2) is 15.3 Å². The zero-order chi connectivity index (χ0) is 14.1. The molecule has 0 amide bonds. The third-order valence-electron chi connectivity index (χ3n) is 3.32. The molecule has 4 heteroatoms. The van der Waals surface area contributed by atoms with Crippen LogP contribution in [0.15, 0.2) is 53.0 Å². The second-order valence-electron chi connectivity index (χ2n) is 4.64. The number of Topliss-reactive ketones (excluding diaryl/α,β-unsaturated/α-hetero) is 1. The van der Waals surface area contributed by atoms with E-state index in [1.54, 1.807) is 0 Å². The van der Waals surface area contributed by atoms with Gasteiger partial charge in [0.15, 0.2) is 5.78 Å². The molecule has 0 atom stereocenters. The molecule has 0 radical (unpaired) electrons. The van der Waals surface area contributed by atoms with E-state index in [1.165, 1.54) is 0 Å². The molecule has 0 aliphatic rings. The molecule has 0 aliphatic carbocycles. The van der Waals surface area contributed by atoms with Crippen LogP contribution in [0.1, 0.15) is 16.2 Å². The molecule has 0 N–H and O–H groups in total. The molecule has 100 valence electrons. The summed E-state index contributed by atoms with van der Waals surface area (Å²) in [7, 11) is 0. The Bertz CT molecular complexity index is 792. The van der Waals surface area contributed by atoms with Crippen LogP contribution >= 0.6 is 15.9 Å². The summed E-state index contributed by atoms with van der Waals surface area (Å²) in [4.78, 5) is 16.9. The number of benzene rings is 2. The molecule has 3 rings (SSSR count). The molecule has 0 unspecified atom stereocenters. The molecule has 0 saturated carbocycles. The van der Waals surface area contributed by atoms with Crippen LogP contribution in [0.5, 0.6) is 0 Å². The van der Waals surface area contributed by atoms with E-state index in [0.29, 0.717) is 12.1 Å². The zero-order valence-electron chi connectivity index (χ0n) is 11.0. The van der Waals surface area contributed by atoms with Crippen molar-refractivity contribution in [2.75, 3.05) is 0 Å². The number of ketones is 1. The standard InChI is InChI=1S/C16H13BrN2O/c1-11-18-14-8-4-5-9-15(14)19(11)10-16(20)12-6-2-3-7-13(12)17/h2-9H,10H2,1H3. The van der Waals surface area contributed by atoms with Crippen molar-refractivity contribution in [1.82, 2.24) is 9.55 Å². The summed E-state index contributed by atoms with van der Waals surface area (Å²) in [5, 5.41) is 0. The summed E-state index contributed by atoms with van der Waals surface area (Å²) < 4.78 is 2.78. The number of fused-ring (bicyclic) bond motifs is 1. The van der Waals surface area contributed by atoms with Crippen molar-refractivity contribution in [1.29, 1.82) is 0 Å². The predicted molar refractivity (Wildman–Crippen MR) is 82.9 cm³/mol. The molecule has 0 fully saturated rings. The molecule has 2 aromatic carbocycles. The van der Waals surface area contributed by atoms with Crippen molar-refractivity contribution >= 4 is 32.7 Å². The fourth-order valence-electron chi connectivity index (χ4n) is 2.31. The minimum Gasteiger partial charge on any atom is -0.320 e. The van der Waals surface area contributed by atoms with Gasteiger partial charge in [0.2, 0.25) is 0 Å². The first-order valence-electron chi connectivity index (χ1n) is 6.36. The number of para-hydroxylation sites is 2. The molecule has 0 spiro atoms. The summed E-state index contributed by atoms with van der Waals surface area (Å²) in [5.41, 5.74) is 2.61. The monoisotopic (exact) mass is 328 g/mol. The average molecular weight is 329 g/mol. The molecule has 0 aliphatic heterocycles. The lowest BCUT2D eigenvalue weighted by atomic mass is 10.1. The topological polar surface area (TPSA) is 34.9 Å². The minimum atomic E-state index is 0.0729. The van der Waals surface area contributed by atoms with Gasteiger partial charge < -0.3 is 4.57 Å². The number of hydrogen-bond donors (Lipinski definition) is 0. The Balaban J connectivity index is 2.00. The van der Waals surface area contributed by atoms with Gasteiger partial charge in [-0.2, -0.15) is 0 Å². The SMILES string of the molecule is Cc1nc2ccccc2n1CC(=O)c1ccccc1Br. The van der Waals surface area contributed by atoms with Crippen molar-refractivity contribution in [2.45, 2.75) is 13.5 Å². The Morgan fingerprint density at radius 1 is 1.15 bits per heavy atom. The van der Waals surface area contributed by atoms with Gasteiger partial charge in [0.25, 0.3) is 0 Å². The number of carbonyl (C=O) groups is 1. The molecule has 20 heavy (non-hydrogen) atoms. The Labute approximate surface area is 125 Å². The molecule has 3 aromatic rings. The van der Waals surface area contributed by atoms with E-state index in [-0.39, 0.29) is 5.78 Å². The number of imidazole rings is 1. The number of nitrogens with zero attached hydrogens (tertiary/aromatic N) is 2. The molecule has 1 aromatic heterocycles. The molecule has 0 bridgehead atoms. The van der Waals surface area contributed by atoms with Crippen molar-refractivity contribution in [3.05, 3.63) is 64.4 Å². The number of rotatable bonds is 3. The van der Waals surface area contributed by atoms with Gasteiger partial charge in [-0.15, -0.1) is 0 Å². The number of aryl methyl sites for hydroxylation is 1. The average Bonchev–Trinajstić information content (AvgIpc) is 2.76. The summed E-state index contributed by atoms with van der Waals surface area (Å²) in [6.45, 7) is 2.22. The van der Waals surface area contributed by atoms with Gasteiger partial charge in [-0.3, -0.25) is 4.79 Å². The van der Waals surface area contributed by atoms with Crippen LogP contribution in [0.3, 0.4) is 0 Å². The van der Waals surface area contributed by atoms with Crippen LogP contribution in [0, 0.1) is 6.92 Å². The summed E-state index contributed by atoms with van der Waals surface area (Å²) in [6, 6.07) is 15.4. The smallest absolute Gasteiger partial charge is 0.183 e. The first-order chi connectivity index (χ1) is 9.66. The van der Waals surface area contributed by atoms with E-state index in [1.807, 2.05) is 60.0 Å². The van der Waals surface area contributed by atoms with E-state index >= 15 is 0 Å². The van der Waals surface area contributed by atoms with Crippen LogP contribution in [0.4, 0.5) is 0 Å². The fraction of sp³-hybridized carbons (Fsp3) is 0.125. The highest BCUT2D eigenvalue weighted by atomic mass is 79.9. The maximum absolute atomic E-state index is 12.5. The van der Waals surface area contributed by atoms with E-state index < -0.39 is 0 Å². The normalized spacial score (nSPS) is 10.9. The van der Waals surface area contributed by atoms with Crippen molar-refractivity contribution in [3.63, 3.8) is 0 Å². The fourth-order valence-corrected chi connectivity index (χ4v) is 2.82. The van der Waals surface area contributed by atoms with Gasteiger partial charge in [-0.05, 0) is 25.1 Å². The van der Waals surface area contributed by atoms with Crippen LogP contribution in [0.2, 0.25) is 0 Å². The molecular weight excluding hydrogens is 316 g/mol. The number of hydrogen-bond acceptors (Lipinski definition) is 2. The van der Waals surface area contributed by atoms with Crippen LogP contribution in [0.25, 0.3) is 11.0 Å². The highest BCUT2D eigenvalue weighted by Crippen LogP contribution is 2.20. The Hall–Kier alpha value is -1.94. The van der Waals surface area contributed by atoms with Crippen molar-refractivity contribution < 1.29 is 4.79 Å². The first-order valence-corrected chi connectivity index (χ1v) is 7.16. The van der Waals surface area contributed by atoms with Crippen LogP contribution < -0.4 is 0 Å². The van der Waals surface area contributed by atoms with Crippen LogP contribution in [-0.2, 0) is 6.54 Å². The highest BCUT2D eigenvalue weighted by Gasteiger charge is 2.14. The van der Waals surface area contributed by atoms with Gasteiger partial charge in [0.05, 0.1) is 17.6 Å². The third-order valence-corrected chi connectivity index (χ3v) is 4.01. The number of carbonyl (C=O) groups excluding carboxylic acids is 1. The largest absolute Gasteiger partial charge is 0.320 e. The van der Waals surface area contributed by atoms with Crippen molar-refractivity contribution in [3.8, 4) is 0 Å². The van der Waals surface area contributed by atoms with Gasteiger partial charge in [-0.25, -0.2) is 4.98 Å². The van der Waals surface area contributed by atoms with Gasteiger partial charge >= 0.3 is 0 Å². The van der Waals surface area contributed by atoms with E-state index in [0.717, 1.165) is 21.3 Å². The number of halogens is 1. The van der Waals surface area contributed by atoms with Gasteiger partial charge in [0, 0.05) is 10.0 Å². The second kappa shape index (κ2) is 5.21. The Morgan fingerprint density at radius 2 is 1.85 bits per heavy atom. The van der Waals surface area contributed by atoms with E-state index in [4.69, 9.17) is 0 Å². The molecule has 1 heterocycles. The second-order valence-corrected chi connectivity index (χ2v) is 5.49. The summed E-state index contributed by atoms with van der Waals surface area (Å²) >= 11 is 3.42. The molecular formula is C16H13BrN2O. The number of aromatic nitrogens is 2. The van der Waals surface area contributed by atoms with Crippen molar-refractivity contribution in [2.24, 2.45) is 0 Å². The van der Waals surface area contributed by atoms with E-state index in [9.17, 15) is 4.79 Å². The Morgan fingerprint density at radius 3 is 2.65 bits per heavy atom. The minimum absolute atomic E-state index is 0.0729. The molecule has 0 saturated heterocycles. The quantitative estimate of drug-likeness (QED) is 0.681. The maximum Gasteiger partial charge on any atom is 0.183 e. The van der Waals surface area contributed by atoms with Gasteiger partial charge in [0.1, 0.15) is 5.82 Å². The van der Waals surface area contributed by atoms with E-state index in [2.05, 4.69) is 20.9 Å². The lowest BCUT2D eigenvalue weighted by Gasteiger charge is -2.07. The predicted octanol–water partition coefficient (Wildman–Crippen LogP) is 3.99. The zero-order valence-corrected chi connectivity index (χ0v) is 12.6. The van der Waals surface area contributed by atoms with Gasteiger partial charge in [-0.1, -0.05) is 46.3 Å². The maximum atomic E-state index is 12.5. The summed E-state index contributed by atoms with van der Waals surface area (Å²) in [6.07, 6.45) is 0. The highest BCUT2D eigenvalue weighted by molar-refractivity contribution is 9.10. The lowest BCUT2D eigenvalue weighted by Crippen LogP contribution is -2.12. The lowest BCUT2D eigenvalue weighted by molar-refractivity contribution is 0.0972. The molecule has 3 nitrogen and oxygen atoms in total. The summed E-state index contributed by atoms with van der Waals surface area (Å²) in [5.74, 6) is 0.926.